The van der Waals surface area contributed by atoms with Gasteiger partial charge in [0, 0.05) is 31.8 Å². The van der Waals surface area contributed by atoms with Crippen LogP contribution in [0.5, 0.6) is 0 Å². The highest BCUT2D eigenvalue weighted by Crippen LogP contribution is 2.26. The highest BCUT2D eigenvalue weighted by Gasteiger charge is 2.19. The van der Waals surface area contributed by atoms with E-state index in [1.807, 2.05) is 14.0 Å². The molecule has 0 spiro atoms. The van der Waals surface area contributed by atoms with E-state index < -0.39 is 0 Å². The minimum absolute atomic E-state index is 0.171. The molecule has 1 aliphatic rings. The summed E-state index contributed by atoms with van der Waals surface area (Å²) in [5.41, 5.74) is 2.52. The Morgan fingerprint density at radius 3 is 2.88 bits per heavy atom. The van der Waals surface area contributed by atoms with Gasteiger partial charge in [0.15, 0.2) is 0 Å². The molecular formula is C12H19N3O. The Balaban J connectivity index is 2.27. The van der Waals surface area contributed by atoms with Gasteiger partial charge in [0.2, 0.25) is 0 Å². The third-order valence-corrected chi connectivity index (χ3v) is 3.09. The molecule has 0 bridgehead atoms. The second-order valence-corrected chi connectivity index (χ2v) is 4.27. The van der Waals surface area contributed by atoms with Crippen LogP contribution in [-0.4, -0.2) is 30.2 Å². The van der Waals surface area contributed by atoms with Crippen molar-refractivity contribution in [2.75, 3.05) is 19.5 Å². The Kier molecular flexibility index (Phi) is 3.39. The van der Waals surface area contributed by atoms with Crippen LogP contribution in [0.3, 0.4) is 0 Å². The third-order valence-electron chi connectivity index (χ3n) is 3.09. The summed E-state index contributed by atoms with van der Waals surface area (Å²) in [6.07, 6.45) is 4.33. The molecule has 0 aliphatic heterocycles. The first kappa shape index (κ1) is 11.3. The Bertz CT molecular complexity index is 379. The van der Waals surface area contributed by atoms with Crippen molar-refractivity contribution in [3.05, 3.63) is 17.1 Å². The molecule has 1 heterocycles. The molecule has 1 aromatic heterocycles. The lowest BCUT2D eigenvalue weighted by atomic mass is 10.2. The van der Waals surface area contributed by atoms with Gasteiger partial charge in [-0.05, 0) is 26.2 Å². The summed E-state index contributed by atoms with van der Waals surface area (Å²) < 4.78 is 5.25. The second-order valence-electron chi connectivity index (χ2n) is 4.27. The minimum Gasteiger partial charge on any atom is -0.381 e. The van der Waals surface area contributed by atoms with Crippen LogP contribution in [-0.2, 0) is 24.0 Å². The van der Waals surface area contributed by atoms with Gasteiger partial charge in [-0.3, -0.25) is 0 Å². The lowest BCUT2D eigenvalue weighted by Gasteiger charge is -2.12. The maximum atomic E-state index is 5.25. The summed E-state index contributed by atoms with van der Waals surface area (Å²) in [7, 11) is 3.64. The van der Waals surface area contributed by atoms with Gasteiger partial charge in [-0.1, -0.05) is 0 Å². The van der Waals surface area contributed by atoms with Crippen LogP contribution in [0.4, 0.5) is 5.82 Å². The van der Waals surface area contributed by atoms with Crippen molar-refractivity contribution < 1.29 is 4.74 Å². The predicted octanol–water partition coefficient (Wildman–Crippen LogP) is 1.58. The first-order chi connectivity index (χ1) is 7.74. The maximum absolute atomic E-state index is 5.25. The molecule has 2 rings (SSSR count). The molecule has 1 unspecified atom stereocenters. The van der Waals surface area contributed by atoms with Crippen molar-refractivity contribution in [2.24, 2.45) is 0 Å². The van der Waals surface area contributed by atoms with Gasteiger partial charge in [0.25, 0.3) is 0 Å². The topological polar surface area (TPSA) is 47.0 Å². The maximum Gasteiger partial charge on any atom is 0.133 e. The van der Waals surface area contributed by atoms with Crippen LogP contribution in [0.2, 0.25) is 0 Å². The molecule has 0 saturated carbocycles. The van der Waals surface area contributed by atoms with E-state index in [1.54, 1.807) is 7.11 Å². The molecule has 1 aromatic rings. The van der Waals surface area contributed by atoms with Gasteiger partial charge in [0.1, 0.15) is 11.6 Å². The lowest BCUT2D eigenvalue weighted by molar-refractivity contribution is 0.117. The van der Waals surface area contributed by atoms with Crippen molar-refractivity contribution in [1.29, 1.82) is 0 Å². The molecule has 0 aromatic carbocycles. The van der Waals surface area contributed by atoms with E-state index >= 15 is 0 Å². The average molecular weight is 221 g/mol. The summed E-state index contributed by atoms with van der Waals surface area (Å²) in [6, 6.07) is 0. The molecule has 88 valence electrons. The SMILES string of the molecule is CNc1nc(CC(C)OC)nc2c1CCC2. The summed E-state index contributed by atoms with van der Waals surface area (Å²) in [5.74, 6) is 1.89. The number of fused-ring (bicyclic) bond motifs is 1. The number of methoxy groups -OCH3 is 1. The van der Waals surface area contributed by atoms with Crippen LogP contribution >= 0.6 is 0 Å². The highest BCUT2D eigenvalue weighted by atomic mass is 16.5. The van der Waals surface area contributed by atoms with Crippen molar-refractivity contribution in [3.63, 3.8) is 0 Å². The van der Waals surface area contributed by atoms with Gasteiger partial charge in [-0.2, -0.15) is 0 Å². The molecule has 4 nitrogen and oxygen atoms in total. The van der Waals surface area contributed by atoms with Gasteiger partial charge >= 0.3 is 0 Å². The van der Waals surface area contributed by atoms with E-state index in [-0.39, 0.29) is 6.10 Å². The van der Waals surface area contributed by atoms with Crippen LogP contribution in [0.15, 0.2) is 0 Å². The number of nitrogens with one attached hydrogen (secondary N) is 1. The minimum atomic E-state index is 0.171. The molecule has 0 radical (unpaired) electrons. The zero-order valence-electron chi connectivity index (χ0n) is 10.2. The molecule has 0 saturated heterocycles. The number of hydrogen-bond donors (Lipinski definition) is 1. The second kappa shape index (κ2) is 4.78. The molecule has 1 N–H and O–H groups in total. The average Bonchev–Trinajstić information content (AvgIpc) is 2.75. The van der Waals surface area contributed by atoms with E-state index in [9.17, 15) is 0 Å². The standard InChI is InChI=1S/C12H19N3O/c1-8(16-3)7-11-14-10-6-4-5-9(10)12(13-2)15-11/h8H,4-7H2,1-3H3,(H,13,14,15). The zero-order chi connectivity index (χ0) is 11.5. The van der Waals surface area contributed by atoms with Gasteiger partial charge in [-0.15, -0.1) is 0 Å². The molecule has 4 heteroatoms. The van der Waals surface area contributed by atoms with Crippen molar-refractivity contribution >= 4 is 5.82 Å². The molecule has 1 aliphatic carbocycles. The fourth-order valence-corrected chi connectivity index (χ4v) is 2.12. The van der Waals surface area contributed by atoms with Crippen molar-refractivity contribution in [1.82, 2.24) is 9.97 Å². The van der Waals surface area contributed by atoms with E-state index in [2.05, 4.69) is 15.3 Å². The smallest absolute Gasteiger partial charge is 0.133 e. The zero-order valence-corrected chi connectivity index (χ0v) is 10.2. The quantitative estimate of drug-likeness (QED) is 0.838. The third kappa shape index (κ3) is 2.16. The Labute approximate surface area is 96.4 Å². The molecule has 16 heavy (non-hydrogen) atoms. The number of nitrogens with zero attached hydrogens (tertiary/aromatic N) is 2. The monoisotopic (exact) mass is 221 g/mol. The summed E-state index contributed by atoms with van der Waals surface area (Å²) in [4.78, 5) is 9.17. The highest BCUT2D eigenvalue weighted by molar-refractivity contribution is 5.48. The van der Waals surface area contributed by atoms with Gasteiger partial charge in [0.05, 0.1) is 6.10 Å². The van der Waals surface area contributed by atoms with Gasteiger partial charge < -0.3 is 10.1 Å². The molecule has 0 fully saturated rings. The summed E-state index contributed by atoms with van der Waals surface area (Å²) in [5, 5.41) is 3.17. The lowest BCUT2D eigenvalue weighted by Crippen LogP contribution is -2.13. The first-order valence-corrected chi connectivity index (χ1v) is 5.83. The number of hydrogen-bond acceptors (Lipinski definition) is 4. The predicted molar refractivity (Wildman–Crippen MR) is 63.8 cm³/mol. The van der Waals surface area contributed by atoms with Crippen molar-refractivity contribution in [3.8, 4) is 0 Å². The van der Waals surface area contributed by atoms with E-state index in [1.165, 1.54) is 17.7 Å². The van der Waals surface area contributed by atoms with Crippen LogP contribution in [0.1, 0.15) is 30.4 Å². The molecule has 1 atom stereocenters. The summed E-state index contributed by atoms with van der Waals surface area (Å²) >= 11 is 0. The number of anilines is 1. The Morgan fingerprint density at radius 2 is 2.19 bits per heavy atom. The normalized spacial score (nSPS) is 15.9. The van der Waals surface area contributed by atoms with E-state index in [0.717, 1.165) is 30.9 Å². The van der Waals surface area contributed by atoms with Crippen molar-refractivity contribution in [2.45, 2.75) is 38.7 Å². The fraction of sp³-hybridized carbons (Fsp3) is 0.667. The number of aryl methyl sites for hydroxylation is 1. The van der Waals surface area contributed by atoms with E-state index in [0.29, 0.717) is 0 Å². The number of aromatic nitrogens is 2. The summed E-state index contributed by atoms with van der Waals surface area (Å²) in [6.45, 7) is 2.04. The first-order valence-electron chi connectivity index (χ1n) is 5.83. The molecular weight excluding hydrogens is 202 g/mol. The van der Waals surface area contributed by atoms with Crippen LogP contribution in [0.25, 0.3) is 0 Å². The van der Waals surface area contributed by atoms with Crippen LogP contribution < -0.4 is 5.32 Å². The number of ether oxygens (including phenoxy) is 1. The number of rotatable bonds is 4. The Hall–Kier alpha value is -1.16. The van der Waals surface area contributed by atoms with Gasteiger partial charge in [-0.25, -0.2) is 9.97 Å². The van der Waals surface area contributed by atoms with E-state index in [4.69, 9.17) is 4.74 Å². The Morgan fingerprint density at radius 1 is 1.38 bits per heavy atom. The van der Waals surface area contributed by atoms with Crippen LogP contribution in [0, 0.1) is 0 Å². The molecule has 0 amide bonds. The largest absolute Gasteiger partial charge is 0.381 e. The fourth-order valence-electron chi connectivity index (χ4n) is 2.12.